The van der Waals surface area contributed by atoms with Crippen molar-refractivity contribution >= 4 is 22.8 Å². The maximum atomic E-state index is 12.2. The van der Waals surface area contributed by atoms with Crippen molar-refractivity contribution < 1.29 is 18.8 Å². The van der Waals surface area contributed by atoms with E-state index in [1.807, 2.05) is 24.3 Å². The van der Waals surface area contributed by atoms with Gasteiger partial charge in [0.15, 0.2) is 0 Å². The second-order valence-corrected chi connectivity index (χ2v) is 5.33. The van der Waals surface area contributed by atoms with Crippen molar-refractivity contribution in [1.82, 2.24) is 5.06 Å². The molecule has 2 amide bonds. The number of hydrogen-bond acceptors (Lipinski definition) is 4. The lowest BCUT2D eigenvalue weighted by molar-refractivity contribution is -0.0902. The molecule has 0 saturated heterocycles. The molecule has 2 aromatic carbocycles. The summed E-state index contributed by atoms with van der Waals surface area (Å²) in [6.45, 7) is 0.245. The standard InChI is InChI=1S/C18H13NO4/c20-17-14-3-1-2-4-15(14)18(21)19(17)23-10-7-12-5-6-16-13(11-12)8-9-22-16/h1-6,8-9,11H,7,10H2. The Bertz CT molecular complexity index is 877. The number of furan rings is 1. The van der Waals surface area contributed by atoms with Crippen LogP contribution in [-0.4, -0.2) is 23.5 Å². The van der Waals surface area contributed by atoms with E-state index in [-0.39, 0.29) is 6.61 Å². The quantitative estimate of drug-likeness (QED) is 0.694. The number of fused-ring (bicyclic) bond motifs is 2. The summed E-state index contributed by atoms with van der Waals surface area (Å²) in [4.78, 5) is 29.7. The minimum atomic E-state index is -0.407. The molecule has 23 heavy (non-hydrogen) atoms. The topological polar surface area (TPSA) is 59.8 Å². The van der Waals surface area contributed by atoms with Gasteiger partial charge in [0.1, 0.15) is 5.58 Å². The molecule has 5 heteroatoms. The van der Waals surface area contributed by atoms with Crippen molar-refractivity contribution in [3.8, 4) is 0 Å². The molecule has 0 fully saturated rings. The highest BCUT2D eigenvalue weighted by molar-refractivity contribution is 6.20. The van der Waals surface area contributed by atoms with Gasteiger partial charge in [-0.05, 0) is 42.3 Å². The molecule has 0 unspecified atom stereocenters. The molecule has 3 aromatic rings. The number of carbonyl (C=O) groups is 2. The zero-order chi connectivity index (χ0) is 15.8. The second kappa shape index (κ2) is 5.37. The van der Waals surface area contributed by atoms with Gasteiger partial charge in [-0.1, -0.05) is 18.2 Å². The monoisotopic (exact) mass is 307 g/mol. The Balaban J connectivity index is 1.44. The van der Waals surface area contributed by atoms with Crippen molar-refractivity contribution in [2.75, 3.05) is 6.61 Å². The maximum absolute atomic E-state index is 12.2. The molecular formula is C18H13NO4. The molecule has 2 heterocycles. The Morgan fingerprint density at radius 1 is 0.957 bits per heavy atom. The van der Waals surface area contributed by atoms with Crippen LogP contribution in [0, 0.1) is 0 Å². The van der Waals surface area contributed by atoms with Gasteiger partial charge in [0.05, 0.1) is 24.0 Å². The number of amides is 2. The first-order valence-electron chi connectivity index (χ1n) is 7.31. The van der Waals surface area contributed by atoms with Crippen LogP contribution < -0.4 is 0 Å². The van der Waals surface area contributed by atoms with E-state index in [4.69, 9.17) is 9.25 Å². The number of hydroxylamine groups is 2. The predicted octanol–water partition coefficient (Wildman–Crippen LogP) is 3.20. The number of carbonyl (C=O) groups excluding carboxylic acids is 2. The first-order valence-corrected chi connectivity index (χ1v) is 7.31. The number of rotatable bonds is 4. The summed E-state index contributed by atoms with van der Waals surface area (Å²) in [7, 11) is 0. The highest BCUT2D eigenvalue weighted by atomic mass is 16.7. The fourth-order valence-electron chi connectivity index (χ4n) is 2.71. The van der Waals surface area contributed by atoms with Crippen molar-refractivity contribution in [2.45, 2.75) is 6.42 Å². The lowest BCUT2D eigenvalue weighted by Crippen LogP contribution is -2.30. The van der Waals surface area contributed by atoms with E-state index in [0.29, 0.717) is 17.5 Å². The van der Waals surface area contributed by atoms with Crippen LogP contribution >= 0.6 is 0 Å². The Hall–Kier alpha value is -2.92. The molecule has 0 atom stereocenters. The zero-order valence-electron chi connectivity index (χ0n) is 12.2. The Labute approximate surface area is 132 Å². The summed E-state index contributed by atoms with van der Waals surface area (Å²) in [5, 5.41) is 1.87. The summed E-state index contributed by atoms with van der Waals surface area (Å²) >= 11 is 0. The van der Waals surface area contributed by atoms with Crippen LogP contribution in [0.3, 0.4) is 0 Å². The first-order chi connectivity index (χ1) is 11.2. The third-order valence-corrected chi connectivity index (χ3v) is 3.88. The Morgan fingerprint density at radius 3 is 2.43 bits per heavy atom. The molecular weight excluding hydrogens is 294 g/mol. The molecule has 0 aliphatic carbocycles. The third kappa shape index (κ3) is 2.31. The van der Waals surface area contributed by atoms with E-state index in [1.165, 1.54) is 0 Å². The van der Waals surface area contributed by atoms with E-state index < -0.39 is 11.8 Å². The third-order valence-electron chi connectivity index (χ3n) is 3.88. The minimum absolute atomic E-state index is 0.245. The van der Waals surface area contributed by atoms with Crippen molar-refractivity contribution in [3.05, 3.63) is 71.5 Å². The second-order valence-electron chi connectivity index (χ2n) is 5.33. The van der Waals surface area contributed by atoms with Gasteiger partial charge in [-0.25, -0.2) is 0 Å². The van der Waals surface area contributed by atoms with E-state index in [2.05, 4.69) is 0 Å². The van der Waals surface area contributed by atoms with Crippen LogP contribution in [0.1, 0.15) is 26.3 Å². The van der Waals surface area contributed by atoms with Gasteiger partial charge in [0.25, 0.3) is 11.8 Å². The van der Waals surface area contributed by atoms with Gasteiger partial charge >= 0.3 is 0 Å². The van der Waals surface area contributed by atoms with Crippen LogP contribution in [0.25, 0.3) is 11.0 Å². The largest absolute Gasteiger partial charge is 0.464 e. The summed E-state index contributed by atoms with van der Waals surface area (Å²) < 4.78 is 5.29. The smallest absolute Gasteiger partial charge is 0.285 e. The van der Waals surface area contributed by atoms with Gasteiger partial charge in [0, 0.05) is 5.39 Å². The molecule has 5 nitrogen and oxygen atoms in total. The van der Waals surface area contributed by atoms with Gasteiger partial charge in [0.2, 0.25) is 0 Å². The van der Waals surface area contributed by atoms with Crippen LogP contribution in [-0.2, 0) is 11.3 Å². The van der Waals surface area contributed by atoms with Crippen LogP contribution in [0.2, 0.25) is 0 Å². The lowest BCUT2D eigenvalue weighted by atomic mass is 10.1. The van der Waals surface area contributed by atoms with Crippen LogP contribution in [0.5, 0.6) is 0 Å². The molecule has 0 bridgehead atoms. The normalized spacial score (nSPS) is 13.8. The minimum Gasteiger partial charge on any atom is -0.464 e. The Morgan fingerprint density at radius 2 is 1.70 bits per heavy atom. The van der Waals surface area contributed by atoms with Gasteiger partial charge in [-0.3, -0.25) is 14.4 Å². The fourth-order valence-corrected chi connectivity index (χ4v) is 2.71. The summed E-state index contributed by atoms with van der Waals surface area (Å²) in [6.07, 6.45) is 2.23. The molecule has 4 rings (SSSR count). The Kier molecular flexibility index (Phi) is 3.20. The van der Waals surface area contributed by atoms with Crippen LogP contribution in [0.4, 0.5) is 0 Å². The summed E-state index contributed by atoms with van der Waals surface area (Å²) in [5.74, 6) is -0.813. The fraction of sp³-hybridized carbons (Fsp3) is 0.111. The number of imide groups is 1. The number of benzene rings is 2. The van der Waals surface area contributed by atoms with Crippen LogP contribution in [0.15, 0.2) is 59.2 Å². The molecule has 0 radical (unpaired) electrons. The van der Waals surface area contributed by atoms with Gasteiger partial charge in [-0.2, -0.15) is 0 Å². The molecule has 114 valence electrons. The summed E-state index contributed by atoms with van der Waals surface area (Å²) in [6, 6.07) is 14.5. The average molecular weight is 307 g/mol. The molecule has 0 N–H and O–H groups in total. The van der Waals surface area contributed by atoms with Crippen molar-refractivity contribution in [1.29, 1.82) is 0 Å². The van der Waals surface area contributed by atoms with Gasteiger partial charge in [-0.15, -0.1) is 5.06 Å². The molecule has 1 aromatic heterocycles. The highest BCUT2D eigenvalue weighted by Crippen LogP contribution is 2.23. The lowest BCUT2D eigenvalue weighted by Gasteiger charge is -2.13. The molecule has 1 aliphatic rings. The molecule has 0 saturated carbocycles. The van der Waals surface area contributed by atoms with E-state index in [0.717, 1.165) is 21.6 Å². The van der Waals surface area contributed by atoms with Crippen molar-refractivity contribution in [2.24, 2.45) is 0 Å². The zero-order valence-corrected chi connectivity index (χ0v) is 12.2. The molecule has 1 aliphatic heterocycles. The number of nitrogens with zero attached hydrogens (tertiary/aromatic N) is 1. The van der Waals surface area contributed by atoms with E-state index >= 15 is 0 Å². The molecule has 0 spiro atoms. The highest BCUT2D eigenvalue weighted by Gasteiger charge is 2.36. The van der Waals surface area contributed by atoms with Crippen molar-refractivity contribution in [3.63, 3.8) is 0 Å². The first kappa shape index (κ1) is 13.7. The number of hydrogen-bond donors (Lipinski definition) is 0. The van der Waals surface area contributed by atoms with Gasteiger partial charge < -0.3 is 4.42 Å². The predicted molar refractivity (Wildman–Crippen MR) is 82.8 cm³/mol. The summed E-state index contributed by atoms with van der Waals surface area (Å²) in [5.41, 5.74) is 2.65. The average Bonchev–Trinajstić information content (AvgIpc) is 3.13. The maximum Gasteiger partial charge on any atom is 0.285 e. The van der Waals surface area contributed by atoms with E-state index in [9.17, 15) is 9.59 Å². The SMILES string of the molecule is O=C1c2ccccc2C(=O)N1OCCc1ccc2occc2c1. The van der Waals surface area contributed by atoms with E-state index in [1.54, 1.807) is 30.5 Å².